The molecule has 3 aliphatic heterocycles. The van der Waals surface area contributed by atoms with Crippen molar-refractivity contribution >= 4 is 22.8 Å². The summed E-state index contributed by atoms with van der Waals surface area (Å²) in [5.74, 6) is 0.296. The summed E-state index contributed by atoms with van der Waals surface area (Å²) in [4.78, 5) is 42.5. The fraction of sp³-hybridized carbons (Fsp3) is 0.407. The average molecular weight is 521 g/mol. The van der Waals surface area contributed by atoms with Crippen molar-refractivity contribution in [2.75, 3.05) is 19.9 Å². The number of hydrogen-bond acceptors (Lipinski definition) is 9. The molecule has 1 amide bonds. The largest absolute Gasteiger partial charge is 0.458 e. The molecule has 1 atom stereocenters. The summed E-state index contributed by atoms with van der Waals surface area (Å²) in [7, 11) is 0. The van der Waals surface area contributed by atoms with Crippen molar-refractivity contribution in [3.05, 3.63) is 50.8 Å². The Morgan fingerprint density at radius 1 is 1.16 bits per heavy atom. The van der Waals surface area contributed by atoms with Gasteiger partial charge >= 0.3 is 5.97 Å². The molecule has 11 nitrogen and oxygen atoms in total. The topological polar surface area (TPSA) is 155 Å². The molecule has 1 aromatic carbocycles. The van der Waals surface area contributed by atoms with Crippen LogP contribution in [0.15, 0.2) is 23.0 Å². The summed E-state index contributed by atoms with van der Waals surface area (Å²) in [6.07, 6.45) is 2.29. The number of fused-ring (bicyclic) bond motifs is 6. The van der Waals surface area contributed by atoms with Crippen molar-refractivity contribution in [1.82, 2.24) is 14.9 Å². The minimum absolute atomic E-state index is 0.0452. The third-order valence-electron chi connectivity index (χ3n) is 7.66. The lowest BCUT2D eigenvalue weighted by atomic mass is 9.86. The van der Waals surface area contributed by atoms with E-state index in [2.05, 4.69) is 5.32 Å². The number of aryl methyl sites for hydroxylation is 1. The van der Waals surface area contributed by atoms with Gasteiger partial charge in [0.25, 0.3) is 5.56 Å². The van der Waals surface area contributed by atoms with Gasteiger partial charge < -0.3 is 34.9 Å². The minimum atomic E-state index is -1.88. The van der Waals surface area contributed by atoms with Crippen molar-refractivity contribution < 1.29 is 28.9 Å². The maximum Gasteiger partial charge on any atom is 0.343 e. The van der Waals surface area contributed by atoms with Crippen LogP contribution in [0.25, 0.3) is 22.3 Å². The molecule has 3 aliphatic rings. The van der Waals surface area contributed by atoms with Gasteiger partial charge in [-0.1, -0.05) is 6.92 Å². The molecule has 5 heterocycles. The number of carbonyl (C=O) groups is 2. The molecule has 198 valence electrons. The zero-order valence-electron chi connectivity index (χ0n) is 21.0. The van der Waals surface area contributed by atoms with Crippen molar-refractivity contribution in [2.24, 2.45) is 5.73 Å². The molecular formula is C27H28N4O7. The molecule has 3 aromatic rings. The lowest BCUT2D eigenvalue weighted by molar-refractivity contribution is -0.172. The smallest absolute Gasteiger partial charge is 0.343 e. The number of aromatic nitrogens is 2. The van der Waals surface area contributed by atoms with E-state index < -0.39 is 11.6 Å². The van der Waals surface area contributed by atoms with E-state index in [0.29, 0.717) is 47.9 Å². The van der Waals surface area contributed by atoms with E-state index in [1.54, 1.807) is 17.6 Å². The first-order valence-corrected chi connectivity index (χ1v) is 12.7. The maximum absolute atomic E-state index is 13.6. The minimum Gasteiger partial charge on any atom is -0.458 e. The highest BCUT2D eigenvalue weighted by molar-refractivity contribution is 5.91. The summed E-state index contributed by atoms with van der Waals surface area (Å²) >= 11 is 0. The Labute approximate surface area is 217 Å². The Kier molecular flexibility index (Phi) is 5.84. The van der Waals surface area contributed by atoms with E-state index in [9.17, 15) is 19.5 Å². The van der Waals surface area contributed by atoms with Crippen molar-refractivity contribution in [2.45, 2.75) is 51.4 Å². The van der Waals surface area contributed by atoms with E-state index in [0.717, 1.165) is 29.4 Å². The number of carbonyl (C=O) groups excluding carboxylic acids is 2. The van der Waals surface area contributed by atoms with Crippen LogP contribution in [-0.2, 0) is 39.5 Å². The van der Waals surface area contributed by atoms with Gasteiger partial charge in [0.2, 0.25) is 12.7 Å². The lowest BCUT2D eigenvalue weighted by Gasteiger charge is -2.31. The van der Waals surface area contributed by atoms with Crippen LogP contribution in [0.2, 0.25) is 0 Å². The van der Waals surface area contributed by atoms with Crippen LogP contribution < -0.4 is 26.1 Å². The zero-order valence-corrected chi connectivity index (χ0v) is 21.0. The molecular weight excluding hydrogens is 492 g/mol. The van der Waals surface area contributed by atoms with Crippen LogP contribution in [0.5, 0.6) is 11.5 Å². The Morgan fingerprint density at radius 2 is 1.95 bits per heavy atom. The molecule has 0 saturated carbocycles. The quantitative estimate of drug-likeness (QED) is 0.241. The first kappa shape index (κ1) is 24.4. The molecule has 38 heavy (non-hydrogen) atoms. The summed E-state index contributed by atoms with van der Waals surface area (Å²) in [5.41, 5.74) is 7.59. The molecule has 0 saturated heterocycles. The second kappa shape index (κ2) is 9.10. The molecule has 0 spiro atoms. The predicted octanol–water partition coefficient (Wildman–Crippen LogP) is 1.21. The van der Waals surface area contributed by atoms with E-state index in [1.807, 2.05) is 12.1 Å². The Bertz CT molecular complexity index is 1560. The zero-order chi connectivity index (χ0) is 26.6. The monoisotopic (exact) mass is 520 g/mol. The van der Waals surface area contributed by atoms with Gasteiger partial charge in [-0.3, -0.25) is 9.59 Å². The third-order valence-corrected chi connectivity index (χ3v) is 7.66. The predicted molar refractivity (Wildman–Crippen MR) is 136 cm³/mol. The van der Waals surface area contributed by atoms with Crippen molar-refractivity contribution in [3.8, 4) is 22.9 Å². The second-order valence-corrected chi connectivity index (χ2v) is 9.75. The number of cyclic esters (lactones) is 1. The number of nitrogens with two attached hydrogens (primary N) is 1. The fourth-order valence-corrected chi connectivity index (χ4v) is 5.56. The van der Waals surface area contributed by atoms with Crippen LogP contribution in [-0.4, -0.2) is 46.4 Å². The maximum atomic E-state index is 13.6. The number of hydrogen-bond donors (Lipinski definition) is 3. The van der Waals surface area contributed by atoms with Crippen LogP contribution in [0.1, 0.15) is 48.4 Å². The van der Waals surface area contributed by atoms with Crippen molar-refractivity contribution in [1.29, 1.82) is 0 Å². The van der Waals surface area contributed by atoms with E-state index in [-0.39, 0.29) is 49.0 Å². The fourth-order valence-electron chi connectivity index (χ4n) is 5.56. The molecule has 4 N–H and O–H groups in total. The van der Waals surface area contributed by atoms with E-state index >= 15 is 0 Å². The molecule has 0 unspecified atom stereocenters. The van der Waals surface area contributed by atoms with Gasteiger partial charge in [-0.2, -0.15) is 0 Å². The van der Waals surface area contributed by atoms with Crippen LogP contribution in [0.4, 0.5) is 0 Å². The van der Waals surface area contributed by atoms with Crippen LogP contribution >= 0.6 is 0 Å². The summed E-state index contributed by atoms with van der Waals surface area (Å²) < 4.78 is 18.0. The lowest BCUT2D eigenvalue weighted by Crippen LogP contribution is -2.44. The second-order valence-electron chi connectivity index (χ2n) is 9.75. The molecule has 11 heteroatoms. The van der Waals surface area contributed by atoms with Gasteiger partial charge in [-0.15, -0.1) is 0 Å². The number of pyridine rings is 2. The molecule has 0 bridgehead atoms. The summed E-state index contributed by atoms with van der Waals surface area (Å²) in [6.45, 7) is 2.42. The highest BCUT2D eigenvalue weighted by atomic mass is 16.7. The molecule has 6 rings (SSSR count). The summed E-state index contributed by atoms with van der Waals surface area (Å²) in [6, 6.07) is 5.47. The number of esters is 1. The number of nitrogens with zero attached hydrogens (tertiary/aromatic N) is 2. The number of rotatable bonds is 7. The highest BCUT2D eigenvalue weighted by Gasteiger charge is 2.45. The van der Waals surface area contributed by atoms with Crippen molar-refractivity contribution in [3.63, 3.8) is 0 Å². The van der Waals surface area contributed by atoms with Crippen LogP contribution in [0.3, 0.4) is 0 Å². The van der Waals surface area contributed by atoms with Gasteiger partial charge in [0.05, 0.1) is 35.6 Å². The number of amides is 1. The number of aliphatic hydroxyl groups is 1. The van der Waals surface area contributed by atoms with Gasteiger partial charge in [-0.05, 0) is 43.4 Å². The Morgan fingerprint density at radius 3 is 2.71 bits per heavy atom. The van der Waals surface area contributed by atoms with Gasteiger partial charge in [-0.25, -0.2) is 9.78 Å². The molecule has 0 aliphatic carbocycles. The highest BCUT2D eigenvalue weighted by Crippen LogP contribution is 2.43. The standard InChI is InChI=1S/C27H28N4O7/c1-2-27(35)18-8-20-24-16(11-31(20)25(33)17(18)12-36-26(27)34)14(5-3-4-6-29-23(32)10-28)15-7-21-22(38-13-37-21)9-19(15)30-24/h7-9,35H,2-6,10-13,28H2,1H3,(H,29,32)/t27-/m0/s1. The number of unbranched alkanes of at least 4 members (excludes halogenated alkanes) is 1. The Balaban J connectivity index is 1.47. The van der Waals surface area contributed by atoms with E-state index in [4.69, 9.17) is 24.9 Å². The third kappa shape index (κ3) is 3.64. The van der Waals surface area contributed by atoms with Gasteiger partial charge in [0.1, 0.15) is 6.61 Å². The van der Waals surface area contributed by atoms with E-state index in [1.165, 1.54) is 0 Å². The molecule has 2 aromatic heterocycles. The normalized spacial score (nSPS) is 18.7. The SMILES string of the molecule is CC[C@@]1(O)C(=O)OCc2c1cc1n(c2=O)Cc2c-1nc1cc3c(cc1c2CCCCNC(=O)CN)OCO3. The number of benzene rings is 1. The number of ether oxygens (including phenoxy) is 3. The number of nitrogens with one attached hydrogen (secondary N) is 1. The van der Waals surface area contributed by atoms with Gasteiger partial charge in [0.15, 0.2) is 17.1 Å². The Hall–Kier alpha value is -3.96. The summed E-state index contributed by atoms with van der Waals surface area (Å²) in [5, 5.41) is 14.8. The first-order chi connectivity index (χ1) is 18.4. The molecule has 0 radical (unpaired) electrons. The van der Waals surface area contributed by atoms with Crippen LogP contribution in [0, 0.1) is 0 Å². The average Bonchev–Trinajstić information content (AvgIpc) is 3.53. The molecule has 0 fully saturated rings. The van der Waals surface area contributed by atoms with Gasteiger partial charge in [0, 0.05) is 29.1 Å². The first-order valence-electron chi connectivity index (χ1n) is 12.7.